The fraction of sp³-hybridized carbons (Fsp3) is 0.395. The van der Waals surface area contributed by atoms with E-state index in [-0.39, 0.29) is 31.3 Å². The summed E-state index contributed by atoms with van der Waals surface area (Å²) in [5, 5.41) is 15.3. The van der Waals surface area contributed by atoms with Gasteiger partial charge in [0.05, 0.1) is 32.5 Å². The molecule has 3 N–H and O–H groups in total. The number of likely N-dealkylation sites (tertiary alicyclic amines) is 1. The zero-order chi connectivity index (χ0) is 37.2. The Bertz CT molecular complexity index is 1770. The number of aliphatic hydroxyl groups is 1. The van der Waals surface area contributed by atoms with Gasteiger partial charge in [-0.15, -0.1) is 0 Å². The number of ether oxygens (including phenoxy) is 4. The van der Waals surface area contributed by atoms with Gasteiger partial charge in [-0.05, 0) is 52.8 Å². The van der Waals surface area contributed by atoms with Gasteiger partial charge in [0, 0.05) is 44.1 Å². The Hall–Kier alpha value is -4.58. The number of benzene rings is 4. The molecule has 2 fully saturated rings. The summed E-state index contributed by atoms with van der Waals surface area (Å²) in [6.07, 6.45) is 1.74. The van der Waals surface area contributed by atoms with Crippen LogP contribution < -0.4 is 10.6 Å². The molecule has 6 rings (SSSR count). The second-order valence-electron chi connectivity index (χ2n) is 13.9. The Kier molecular flexibility index (Phi) is 13.3. The largest absolute Gasteiger partial charge is 0.467 e. The van der Waals surface area contributed by atoms with E-state index in [0.29, 0.717) is 19.1 Å². The lowest BCUT2D eigenvalue weighted by Crippen LogP contribution is -2.47. The van der Waals surface area contributed by atoms with Gasteiger partial charge in [-0.3, -0.25) is 4.90 Å². The maximum atomic E-state index is 13.0. The second kappa shape index (κ2) is 18.4. The van der Waals surface area contributed by atoms with E-state index in [0.717, 1.165) is 64.9 Å². The Morgan fingerprint density at radius 1 is 0.887 bits per heavy atom. The lowest BCUT2D eigenvalue weighted by Gasteiger charge is -2.43. The smallest absolute Gasteiger partial charge is 0.328 e. The number of nitrogens with zero attached hydrogens (tertiary/aromatic N) is 1. The number of carbonyl (C=O) groups is 2. The van der Waals surface area contributed by atoms with Crippen molar-refractivity contribution in [1.82, 2.24) is 15.5 Å². The second-order valence-corrected chi connectivity index (χ2v) is 13.9. The summed E-state index contributed by atoms with van der Waals surface area (Å²) >= 11 is 0. The third-order valence-electron chi connectivity index (χ3n) is 10.4. The Morgan fingerprint density at radius 3 is 2.32 bits per heavy atom. The van der Waals surface area contributed by atoms with Crippen LogP contribution in [-0.2, 0) is 43.3 Å². The molecule has 0 aliphatic carbocycles. The third kappa shape index (κ3) is 9.70. The monoisotopic (exact) mass is 721 g/mol. The molecule has 0 radical (unpaired) electrons. The number of urea groups is 1. The van der Waals surface area contributed by atoms with Crippen LogP contribution in [0.4, 0.5) is 4.79 Å². The molecule has 2 aliphatic heterocycles. The summed E-state index contributed by atoms with van der Waals surface area (Å²) in [5.41, 5.74) is 6.64. The quantitative estimate of drug-likeness (QED) is 0.129. The average Bonchev–Trinajstić information content (AvgIpc) is 3.64. The first-order chi connectivity index (χ1) is 25.9. The van der Waals surface area contributed by atoms with Crippen molar-refractivity contribution >= 4 is 12.0 Å². The Balaban J connectivity index is 1.16. The zero-order valence-electron chi connectivity index (χ0n) is 30.8. The van der Waals surface area contributed by atoms with Gasteiger partial charge in [0.2, 0.25) is 0 Å². The number of carbonyl (C=O) groups excluding carboxylic acids is 2. The number of hydrogen-bond acceptors (Lipinski definition) is 8. The molecule has 280 valence electrons. The van der Waals surface area contributed by atoms with E-state index in [1.165, 1.54) is 7.11 Å². The summed E-state index contributed by atoms with van der Waals surface area (Å²) in [6.45, 7) is 4.97. The van der Waals surface area contributed by atoms with Gasteiger partial charge in [0.1, 0.15) is 6.04 Å². The predicted molar refractivity (Wildman–Crippen MR) is 203 cm³/mol. The highest BCUT2D eigenvalue weighted by atomic mass is 16.7. The van der Waals surface area contributed by atoms with Crippen LogP contribution in [0.3, 0.4) is 0 Å². The number of esters is 1. The highest BCUT2D eigenvalue weighted by molar-refractivity contribution is 5.84. The van der Waals surface area contributed by atoms with E-state index in [1.54, 1.807) is 7.11 Å². The van der Waals surface area contributed by atoms with E-state index in [9.17, 15) is 14.7 Å². The molecular formula is C43H51N3O7. The van der Waals surface area contributed by atoms with Crippen molar-refractivity contribution in [3.05, 3.63) is 131 Å². The first kappa shape index (κ1) is 38.2. The number of rotatable bonds is 14. The standard InChI is InChI=1S/C43H51N3O7/c1-29-39(26-46-23-9-13-36(46)28-50-2)52-42(53-40(29)33-17-15-31(27-47)16-18-33)34-21-19-32(20-22-34)37-14-8-7-12-35(37)25-44-43(49)45-38(41(48)51-3)24-30-10-5-4-6-11-30/h4-8,10-12,14-22,29,36,38-40,42,47H,9,13,23-28H2,1-3H3,(H2,44,45,49)/t29-,36+,38+,39+,40+,42+/m1/s1. The molecule has 0 aromatic heterocycles. The highest BCUT2D eigenvalue weighted by Crippen LogP contribution is 2.42. The number of hydrogen-bond donors (Lipinski definition) is 3. The van der Waals surface area contributed by atoms with Gasteiger partial charge in [-0.1, -0.05) is 110 Å². The van der Waals surface area contributed by atoms with Gasteiger partial charge in [0.25, 0.3) is 0 Å². The van der Waals surface area contributed by atoms with E-state index in [4.69, 9.17) is 18.9 Å². The molecule has 0 saturated carbocycles. The molecule has 10 heteroatoms. The zero-order valence-corrected chi connectivity index (χ0v) is 30.8. The molecule has 2 heterocycles. The molecule has 2 saturated heterocycles. The maximum absolute atomic E-state index is 13.0. The minimum Gasteiger partial charge on any atom is -0.467 e. The fourth-order valence-corrected chi connectivity index (χ4v) is 7.42. The molecule has 4 aromatic rings. The minimum atomic E-state index is -0.821. The Morgan fingerprint density at radius 2 is 1.60 bits per heavy atom. The molecule has 6 atom stereocenters. The van der Waals surface area contributed by atoms with Crippen LogP contribution >= 0.6 is 0 Å². The SMILES string of the molecule is COC[C@@H]1CCCN1C[C@@H]1O[C@H](c2ccc(-c3ccccc3CNC(=O)N[C@@H](Cc3ccccc3)C(=O)OC)cc2)O[C@H](c2ccc(CO)cc2)[C@@H]1C. The molecule has 0 spiro atoms. The normalized spacial score (nSPS) is 22.2. The molecule has 10 nitrogen and oxygen atoms in total. The first-order valence-electron chi connectivity index (χ1n) is 18.4. The van der Waals surface area contributed by atoms with Crippen molar-refractivity contribution in [1.29, 1.82) is 0 Å². The van der Waals surface area contributed by atoms with Crippen molar-refractivity contribution in [2.45, 2.75) is 69.9 Å². The van der Waals surface area contributed by atoms with Crippen molar-refractivity contribution < 1.29 is 33.6 Å². The molecule has 2 aliphatic rings. The number of methoxy groups -OCH3 is 2. The molecule has 53 heavy (non-hydrogen) atoms. The van der Waals surface area contributed by atoms with Crippen molar-refractivity contribution in [2.24, 2.45) is 5.92 Å². The number of nitrogens with one attached hydrogen (secondary N) is 2. The van der Waals surface area contributed by atoms with Gasteiger partial charge < -0.3 is 34.7 Å². The van der Waals surface area contributed by atoms with Gasteiger partial charge in [-0.2, -0.15) is 0 Å². The molecule has 4 aromatic carbocycles. The van der Waals surface area contributed by atoms with Gasteiger partial charge >= 0.3 is 12.0 Å². The topological polar surface area (TPSA) is 119 Å². The minimum absolute atomic E-state index is 0.00504. The summed E-state index contributed by atoms with van der Waals surface area (Å²) in [4.78, 5) is 28.0. The van der Waals surface area contributed by atoms with Crippen LogP contribution in [0, 0.1) is 5.92 Å². The van der Waals surface area contributed by atoms with Crippen molar-refractivity contribution in [3.8, 4) is 11.1 Å². The third-order valence-corrected chi connectivity index (χ3v) is 10.4. The van der Waals surface area contributed by atoms with Crippen LogP contribution in [0.1, 0.15) is 60.0 Å². The fourth-order valence-electron chi connectivity index (χ4n) is 7.42. The molecule has 0 bridgehead atoms. The molecule has 2 amide bonds. The van der Waals surface area contributed by atoms with E-state index in [1.807, 2.05) is 91.0 Å². The summed E-state index contributed by atoms with van der Waals surface area (Å²) in [6, 6.07) is 32.7. The molecule has 0 unspecified atom stereocenters. The number of aliphatic hydroxyl groups excluding tert-OH is 1. The van der Waals surface area contributed by atoms with Crippen LogP contribution in [0.2, 0.25) is 0 Å². The molecular weight excluding hydrogens is 670 g/mol. The summed E-state index contributed by atoms with van der Waals surface area (Å²) in [7, 11) is 3.08. The highest BCUT2D eigenvalue weighted by Gasteiger charge is 2.40. The summed E-state index contributed by atoms with van der Waals surface area (Å²) in [5.74, 6) is -0.416. The Labute approximate surface area is 312 Å². The van der Waals surface area contributed by atoms with E-state index < -0.39 is 24.3 Å². The lowest BCUT2D eigenvalue weighted by molar-refractivity contribution is -0.276. The average molecular weight is 722 g/mol. The lowest BCUT2D eigenvalue weighted by atomic mass is 9.89. The first-order valence-corrected chi connectivity index (χ1v) is 18.4. The van der Waals surface area contributed by atoms with Gasteiger partial charge in [-0.25, -0.2) is 9.59 Å². The van der Waals surface area contributed by atoms with Crippen molar-refractivity contribution in [2.75, 3.05) is 33.9 Å². The van der Waals surface area contributed by atoms with Gasteiger partial charge in [0.15, 0.2) is 6.29 Å². The van der Waals surface area contributed by atoms with E-state index in [2.05, 4.69) is 34.6 Å². The maximum Gasteiger partial charge on any atom is 0.328 e. The van der Waals surface area contributed by atoms with Crippen LogP contribution in [0.5, 0.6) is 0 Å². The van der Waals surface area contributed by atoms with E-state index >= 15 is 0 Å². The summed E-state index contributed by atoms with van der Waals surface area (Å²) < 4.78 is 24.0. The predicted octanol–water partition coefficient (Wildman–Crippen LogP) is 6.33. The van der Waals surface area contributed by atoms with Crippen molar-refractivity contribution in [3.63, 3.8) is 0 Å². The van der Waals surface area contributed by atoms with Crippen LogP contribution in [0.15, 0.2) is 103 Å². The van der Waals surface area contributed by atoms with Crippen LogP contribution in [-0.4, -0.2) is 74.1 Å². The van der Waals surface area contributed by atoms with Crippen LogP contribution in [0.25, 0.3) is 11.1 Å². The number of amides is 2.